The van der Waals surface area contributed by atoms with E-state index >= 15 is 0 Å². The predicted molar refractivity (Wildman–Crippen MR) is 88.7 cm³/mol. The molecule has 0 aliphatic heterocycles. The molecular weight excluding hydrogens is 260 g/mol. The smallest absolute Gasteiger partial charge is 0.118 e. The second-order valence-electron chi connectivity index (χ2n) is 7.54. The molecule has 2 rings (SSSR count). The maximum Gasteiger partial charge on any atom is 0.118 e. The van der Waals surface area contributed by atoms with Crippen molar-refractivity contribution in [3.8, 4) is 5.75 Å². The zero-order valence-corrected chi connectivity index (χ0v) is 13.9. The van der Waals surface area contributed by atoms with E-state index in [1.165, 1.54) is 24.8 Å². The molecule has 3 N–H and O–H groups in total. The summed E-state index contributed by atoms with van der Waals surface area (Å²) in [7, 11) is 1.70. The Kier molecular flexibility index (Phi) is 4.95. The molecule has 1 aromatic carbocycles. The van der Waals surface area contributed by atoms with Crippen LogP contribution in [0.1, 0.15) is 45.6 Å². The Morgan fingerprint density at radius 2 is 2.00 bits per heavy atom. The minimum atomic E-state index is -0.0420. The summed E-state index contributed by atoms with van der Waals surface area (Å²) in [5, 5.41) is 3.82. The van der Waals surface area contributed by atoms with Crippen LogP contribution >= 0.6 is 0 Å². The van der Waals surface area contributed by atoms with E-state index in [4.69, 9.17) is 10.5 Å². The van der Waals surface area contributed by atoms with Gasteiger partial charge in [-0.1, -0.05) is 26.0 Å². The molecule has 1 fully saturated rings. The lowest BCUT2D eigenvalue weighted by Crippen LogP contribution is -2.54. The highest BCUT2D eigenvalue weighted by Gasteiger charge is 2.34. The summed E-state index contributed by atoms with van der Waals surface area (Å²) >= 11 is 0. The van der Waals surface area contributed by atoms with E-state index in [2.05, 4.69) is 38.2 Å². The fraction of sp³-hybridized carbons (Fsp3) is 0.667. The van der Waals surface area contributed by atoms with Gasteiger partial charge in [0.1, 0.15) is 5.75 Å². The van der Waals surface area contributed by atoms with Crippen LogP contribution < -0.4 is 15.8 Å². The Morgan fingerprint density at radius 1 is 1.33 bits per heavy atom. The highest BCUT2D eigenvalue weighted by atomic mass is 16.5. The summed E-state index contributed by atoms with van der Waals surface area (Å²) in [6.45, 7) is 7.61. The lowest BCUT2D eigenvalue weighted by Gasteiger charge is -2.33. The van der Waals surface area contributed by atoms with Crippen LogP contribution in [-0.4, -0.2) is 25.2 Å². The number of nitrogens with two attached hydrogens (primary N) is 1. The van der Waals surface area contributed by atoms with E-state index in [-0.39, 0.29) is 5.54 Å². The van der Waals surface area contributed by atoms with Gasteiger partial charge in [-0.05, 0) is 55.7 Å². The first-order valence-electron chi connectivity index (χ1n) is 7.96. The Bertz CT molecular complexity index is 455. The third-order valence-electron chi connectivity index (χ3n) is 4.73. The number of hydrogen-bond acceptors (Lipinski definition) is 3. The summed E-state index contributed by atoms with van der Waals surface area (Å²) in [5.41, 5.74) is 7.79. The van der Waals surface area contributed by atoms with Gasteiger partial charge in [0, 0.05) is 18.1 Å². The maximum atomic E-state index is 6.07. The van der Waals surface area contributed by atoms with Gasteiger partial charge in [-0.3, -0.25) is 0 Å². The van der Waals surface area contributed by atoms with Crippen molar-refractivity contribution in [3.05, 3.63) is 29.8 Å². The van der Waals surface area contributed by atoms with Crippen LogP contribution in [0, 0.1) is 5.41 Å². The first-order valence-corrected chi connectivity index (χ1v) is 7.96. The maximum absolute atomic E-state index is 6.07. The Labute approximate surface area is 129 Å². The van der Waals surface area contributed by atoms with Crippen molar-refractivity contribution >= 4 is 0 Å². The summed E-state index contributed by atoms with van der Waals surface area (Å²) in [4.78, 5) is 0. The van der Waals surface area contributed by atoms with E-state index in [0.717, 1.165) is 12.2 Å². The lowest BCUT2D eigenvalue weighted by molar-refractivity contribution is 0.293. The van der Waals surface area contributed by atoms with Crippen LogP contribution in [0.15, 0.2) is 24.3 Å². The average Bonchev–Trinajstić information content (AvgIpc) is 2.78. The van der Waals surface area contributed by atoms with Gasteiger partial charge in [-0.25, -0.2) is 0 Å². The van der Waals surface area contributed by atoms with Gasteiger partial charge in [0.15, 0.2) is 0 Å². The quantitative estimate of drug-likeness (QED) is 0.846. The van der Waals surface area contributed by atoms with Crippen molar-refractivity contribution in [2.24, 2.45) is 11.1 Å². The topological polar surface area (TPSA) is 47.3 Å². The standard InChI is InChI=1S/C18H30N2O/c1-17(2)10-9-15(12-17)20-18(3,13-19)11-14-5-7-16(21-4)8-6-14/h5-8,15,20H,9-13,19H2,1-4H3. The van der Waals surface area contributed by atoms with Crippen molar-refractivity contribution in [1.29, 1.82) is 0 Å². The number of benzene rings is 1. The molecular formula is C18H30N2O. The van der Waals surface area contributed by atoms with E-state index in [1.807, 2.05) is 12.1 Å². The zero-order chi connectivity index (χ0) is 15.5. The van der Waals surface area contributed by atoms with Crippen LogP contribution in [0.5, 0.6) is 5.75 Å². The first kappa shape index (κ1) is 16.3. The van der Waals surface area contributed by atoms with E-state index in [0.29, 0.717) is 18.0 Å². The number of ether oxygens (including phenoxy) is 1. The minimum absolute atomic E-state index is 0.0420. The van der Waals surface area contributed by atoms with E-state index in [9.17, 15) is 0 Å². The van der Waals surface area contributed by atoms with Crippen molar-refractivity contribution in [1.82, 2.24) is 5.32 Å². The van der Waals surface area contributed by atoms with Crippen LogP contribution in [0.4, 0.5) is 0 Å². The second kappa shape index (κ2) is 6.37. The Balaban J connectivity index is 1.99. The van der Waals surface area contributed by atoms with Gasteiger partial charge in [0.25, 0.3) is 0 Å². The minimum Gasteiger partial charge on any atom is -0.497 e. The predicted octanol–water partition coefficient (Wildman–Crippen LogP) is 3.12. The largest absolute Gasteiger partial charge is 0.497 e. The fourth-order valence-corrected chi connectivity index (χ4v) is 3.43. The van der Waals surface area contributed by atoms with Gasteiger partial charge < -0.3 is 15.8 Å². The summed E-state index contributed by atoms with van der Waals surface area (Å²) in [5.74, 6) is 0.902. The number of methoxy groups -OCH3 is 1. The van der Waals surface area contributed by atoms with Crippen LogP contribution in [-0.2, 0) is 6.42 Å². The Hall–Kier alpha value is -1.06. The van der Waals surface area contributed by atoms with E-state index < -0.39 is 0 Å². The average molecular weight is 290 g/mol. The highest BCUT2D eigenvalue weighted by molar-refractivity contribution is 5.28. The lowest BCUT2D eigenvalue weighted by atomic mass is 9.89. The molecule has 1 saturated carbocycles. The molecule has 1 aromatic rings. The van der Waals surface area contributed by atoms with E-state index in [1.54, 1.807) is 7.11 Å². The molecule has 0 aromatic heterocycles. The molecule has 0 bridgehead atoms. The monoisotopic (exact) mass is 290 g/mol. The Morgan fingerprint density at radius 3 is 2.48 bits per heavy atom. The van der Waals surface area contributed by atoms with Crippen molar-refractivity contribution in [2.45, 2.75) is 58.0 Å². The number of rotatable bonds is 6. The molecule has 0 heterocycles. The molecule has 3 nitrogen and oxygen atoms in total. The van der Waals surface area contributed by atoms with Crippen molar-refractivity contribution in [3.63, 3.8) is 0 Å². The SMILES string of the molecule is COc1ccc(CC(C)(CN)NC2CCC(C)(C)C2)cc1. The van der Waals surface area contributed by atoms with Crippen molar-refractivity contribution in [2.75, 3.05) is 13.7 Å². The summed E-state index contributed by atoms with van der Waals surface area (Å²) in [6, 6.07) is 8.89. The van der Waals surface area contributed by atoms with Gasteiger partial charge in [-0.15, -0.1) is 0 Å². The molecule has 0 amide bonds. The molecule has 0 spiro atoms. The molecule has 2 unspecified atom stereocenters. The van der Waals surface area contributed by atoms with Crippen LogP contribution in [0.25, 0.3) is 0 Å². The summed E-state index contributed by atoms with van der Waals surface area (Å²) < 4.78 is 5.22. The number of nitrogens with one attached hydrogen (secondary N) is 1. The van der Waals surface area contributed by atoms with Gasteiger partial charge in [-0.2, -0.15) is 0 Å². The normalized spacial score (nSPS) is 23.8. The van der Waals surface area contributed by atoms with Gasteiger partial charge in [0.2, 0.25) is 0 Å². The highest BCUT2D eigenvalue weighted by Crippen LogP contribution is 2.37. The third kappa shape index (κ3) is 4.45. The fourth-order valence-electron chi connectivity index (χ4n) is 3.43. The molecule has 0 saturated heterocycles. The molecule has 1 aliphatic carbocycles. The van der Waals surface area contributed by atoms with Crippen molar-refractivity contribution < 1.29 is 4.74 Å². The molecule has 0 radical (unpaired) electrons. The number of hydrogen-bond donors (Lipinski definition) is 2. The second-order valence-corrected chi connectivity index (χ2v) is 7.54. The van der Waals surface area contributed by atoms with Crippen LogP contribution in [0.3, 0.4) is 0 Å². The molecule has 3 heteroatoms. The third-order valence-corrected chi connectivity index (χ3v) is 4.73. The van der Waals surface area contributed by atoms with Crippen LogP contribution in [0.2, 0.25) is 0 Å². The zero-order valence-electron chi connectivity index (χ0n) is 13.9. The molecule has 1 aliphatic rings. The summed E-state index contributed by atoms with van der Waals surface area (Å²) in [6.07, 6.45) is 4.74. The van der Waals surface area contributed by atoms with Gasteiger partial charge in [0.05, 0.1) is 7.11 Å². The van der Waals surface area contributed by atoms with Gasteiger partial charge >= 0.3 is 0 Å². The first-order chi connectivity index (χ1) is 9.86. The molecule has 2 atom stereocenters. The molecule has 118 valence electrons. The molecule has 21 heavy (non-hydrogen) atoms.